The highest BCUT2D eigenvalue weighted by atomic mass is 19.1. The second kappa shape index (κ2) is 5.55. The van der Waals surface area contributed by atoms with Gasteiger partial charge in [-0.3, -0.25) is 4.98 Å². The molecule has 0 saturated heterocycles. The van der Waals surface area contributed by atoms with E-state index < -0.39 is 0 Å². The first-order valence-corrected chi connectivity index (χ1v) is 5.71. The molecule has 1 atom stereocenters. The number of nitrogens with zero attached hydrogens (tertiary/aromatic N) is 1. The van der Waals surface area contributed by atoms with Crippen molar-refractivity contribution in [2.75, 3.05) is 6.54 Å². The quantitative estimate of drug-likeness (QED) is 0.873. The molecular formula is C14H15FN2. The number of hydrogen-bond donors (Lipinski definition) is 1. The van der Waals surface area contributed by atoms with E-state index in [0.29, 0.717) is 5.69 Å². The van der Waals surface area contributed by atoms with Gasteiger partial charge in [0.25, 0.3) is 0 Å². The number of hydrogen-bond acceptors (Lipinski definition) is 2. The first kappa shape index (κ1) is 11.7. The highest BCUT2D eigenvalue weighted by Crippen LogP contribution is 2.21. The maximum absolute atomic E-state index is 13.7. The van der Waals surface area contributed by atoms with Crippen molar-refractivity contribution in [3.8, 4) is 0 Å². The number of aromatic nitrogens is 1. The van der Waals surface area contributed by atoms with E-state index in [1.54, 1.807) is 12.3 Å². The smallest absolute Gasteiger partial charge is 0.146 e. The summed E-state index contributed by atoms with van der Waals surface area (Å²) in [6.07, 6.45) is 1.62. The summed E-state index contributed by atoms with van der Waals surface area (Å²) in [7, 11) is 0. The van der Waals surface area contributed by atoms with Crippen LogP contribution in [0.25, 0.3) is 0 Å². The highest BCUT2D eigenvalue weighted by Gasteiger charge is 2.17. The van der Waals surface area contributed by atoms with Gasteiger partial charge >= 0.3 is 0 Å². The van der Waals surface area contributed by atoms with Crippen LogP contribution in [0.4, 0.5) is 4.39 Å². The third kappa shape index (κ3) is 2.68. The largest absolute Gasteiger partial charge is 0.305 e. The number of nitrogens with one attached hydrogen (secondary N) is 1. The molecule has 0 spiro atoms. The van der Waals surface area contributed by atoms with Crippen LogP contribution in [0.15, 0.2) is 48.7 Å². The predicted molar refractivity (Wildman–Crippen MR) is 66.2 cm³/mol. The van der Waals surface area contributed by atoms with E-state index in [0.717, 1.165) is 12.1 Å². The molecule has 0 fully saturated rings. The van der Waals surface area contributed by atoms with Crippen LogP contribution in [0, 0.1) is 5.82 Å². The average Bonchev–Trinajstić information content (AvgIpc) is 2.38. The Balaban J connectivity index is 2.39. The molecule has 0 aliphatic rings. The lowest BCUT2D eigenvalue weighted by atomic mass is 10.0. The topological polar surface area (TPSA) is 24.9 Å². The Morgan fingerprint density at radius 3 is 2.59 bits per heavy atom. The first-order valence-electron chi connectivity index (χ1n) is 5.71. The van der Waals surface area contributed by atoms with Crippen LogP contribution in [0.3, 0.4) is 0 Å². The number of pyridine rings is 1. The molecule has 1 aromatic carbocycles. The van der Waals surface area contributed by atoms with Crippen molar-refractivity contribution >= 4 is 0 Å². The summed E-state index contributed by atoms with van der Waals surface area (Å²) in [5.41, 5.74) is 1.47. The normalized spacial score (nSPS) is 12.4. The number of rotatable bonds is 4. The summed E-state index contributed by atoms with van der Waals surface area (Å²) < 4.78 is 13.7. The average molecular weight is 230 g/mol. The lowest BCUT2D eigenvalue weighted by molar-refractivity contribution is 0.543. The fourth-order valence-electron chi connectivity index (χ4n) is 1.83. The molecule has 1 aromatic heterocycles. The second-order valence-electron chi connectivity index (χ2n) is 3.77. The summed E-state index contributed by atoms with van der Waals surface area (Å²) in [6, 6.07) is 12.6. The Morgan fingerprint density at radius 1 is 1.18 bits per heavy atom. The summed E-state index contributed by atoms with van der Waals surface area (Å²) in [5, 5.41) is 3.25. The van der Waals surface area contributed by atoms with Crippen molar-refractivity contribution in [1.82, 2.24) is 10.3 Å². The van der Waals surface area contributed by atoms with Crippen molar-refractivity contribution in [3.63, 3.8) is 0 Å². The van der Waals surface area contributed by atoms with E-state index in [1.165, 1.54) is 6.07 Å². The van der Waals surface area contributed by atoms with Crippen LogP contribution in [0.2, 0.25) is 0 Å². The van der Waals surface area contributed by atoms with Crippen molar-refractivity contribution in [3.05, 3.63) is 65.7 Å². The molecule has 17 heavy (non-hydrogen) atoms. The van der Waals surface area contributed by atoms with Crippen LogP contribution in [0.1, 0.15) is 24.2 Å². The second-order valence-corrected chi connectivity index (χ2v) is 3.77. The zero-order valence-electron chi connectivity index (χ0n) is 9.73. The van der Waals surface area contributed by atoms with Crippen LogP contribution < -0.4 is 5.32 Å². The van der Waals surface area contributed by atoms with Crippen molar-refractivity contribution < 1.29 is 4.39 Å². The summed E-state index contributed by atoms with van der Waals surface area (Å²) in [5.74, 6) is -0.276. The Hall–Kier alpha value is -1.74. The van der Waals surface area contributed by atoms with Gasteiger partial charge in [0.05, 0.1) is 11.7 Å². The first-order chi connectivity index (χ1) is 8.33. The lowest BCUT2D eigenvalue weighted by Crippen LogP contribution is -2.23. The fourth-order valence-corrected chi connectivity index (χ4v) is 1.83. The third-order valence-electron chi connectivity index (χ3n) is 2.60. The summed E-state index contributed by atoms with van der Waals surface area (Å²) in [6.45, 7) is 2.76. The van der Waals surface area contributed by atoms with Gasteiger partial charge in [-0.25, -0.2) is 4.39 Å². The Labute approximate surface area is 101 Å². The molecule has 1 heterocycles. The Bertz CT molecular complexity index is 471. The molecule has 0 radical (unpaired) electrons. The molecule has 3 heteroatoms. The van der Waals surface area contributed by atoms with Crippen LogP contribution in [-0.4, -0.2) is 11.5 Å². The summed E-state index contributed by atoms with van der Waals surface area (Å²) >= 11 is 0. The third-order valence-corrected chi connectivity index (χ3v) is 2.60. The maximum atomic E-state index is 13.7. The van der Waals surface area contributed by atoms with E-state index >= 15 is 0 Å². The molecule has 1 N–H and O–H groups in total. The molecular weight excluding hydrogens is 215 g/mol. The molecule has 2 nitrogen and oxygen atoms in total. The molecule has 0 saturated carbocycles. The Kier molecular flexibility index (Phi) is 3.83. The molecule has 2 aromatic rings. The van der Waals surface area contributed by atoms with Gasteiger partial charge in [0.1, 0.15) is 5.82 Å². The maximum Gasteiger partial charge on any atom is 0.146 e. The SMILES string of the molecule is CCNC(c1ccccc1)c1ncccc1F. The van der Waals surface area contributed by atoms with Gasteiger partial charge in [-0.05, 0) is 24.2 Å². The monoisotopic (exact) mass is 230 g/mol. The molecule has 0 aliphatic heterocycles. The molecule has 0 amide bonds. The predicted octanol–water partition coefficient (Wildman–Crippen LogP) is 2.92. The van der Waals surface area contributed by atoms with E-state index in [2.05, 4.69) is 10.3 Å². The molecule has 0 aliphatic carbocycles. The Morgan fingerprint density at radius 2 is 1.94 bits per heavy atom. The fraction of sp³-hybridized carbons (Fsp3) is 0.214. The van der Waals surface area contributed by atoms with Gasteiger partial charge in [-0.1, -0.05) is 37.3 Å². The van der Waals surface area contributed by atoms with Gasteiger partial charge in [0.2, 0.25) is 0 Å². The van der Waals surface area contributed by atoms with Crippen molar-refractivity contribution in [2.24, 2.45) is 0 Å². The molecule has 2 rings (SSSR count). The molecule has 1 unspecified atom stereocenters. The van der Waals surface area contributed by atoms with Crippen LogP contribution >= 0.6 is 0 Å². The highest BCUT2D eigenvalue weighted by molar-refractivity contribution is 5.28. The van der Waals surface area contributed by atoms with E-state index in [4.69, 9.17) is 0 Å². The zero-order chi connectivity index (χ0) is 12.1. The van der Waals surface area contributed by atoms with Gasteiger partial charge in [-0.15, -0.1) is 0 Å². The van der Waals surface area contributed by atoms with Crippen molar-refractivity contribution in [1.29, 1.82) is 0 Å². The zero-order valence-corrected chi connectivity index (χ0v) is 9.73. The lowest BCUT2D eigenvalue weighted by Gasteiger charge is -2.18. The van der Waals surface area contributed by atoms with E-state index in [1.807, 2.05) is 37.3 Å². The standard InChI is InChI=1S/C14H15FN2/c1-2-16-13(11-7-4-3-5-8-11)14-12(15)9-6-10-17-14/h3-10,13,16H,2H2,1H3. The number of halogens is 1. The summed E-state index contributed by atoms with van der Waals surface area (Å²) in [4.78, 5) is 4.14. The molecule has 0 bridgehead atoms. The van der Waals surface area contributed by atoms with Gasteiger partial charge in [0.15, 0.2) is 0 Å². The van der Waals surface area contributed by atoms with E-state index in [-0.39, 0.29) is 11.9 Å². The number of benzene rings is 1. The minimum atomic E-state index is -0.276. The van der Waals surface area contributed by atoms with Gasteiger partial charge < -0.3 is 5.32 Å². The van der Waals surface area contributed by atoms with Gasteiger partial charge in [0, 0.05) is 6.20 Å². The molecule has 88 valence electrons. The van der Waals surface area contributed by atoms with E-state index in [9.17, 15) is 4.39 Å². The van der Waals surface area contributed by atoms with Crippen LogP contribution in [0.5, 0.6) is 0 Å². The van der Waals surface area contributed by atoms with Crippen LogP contribution in [-0.2, 0) is 0 Å². The van der Waals surface area contributed by atoms with Crippen molar-refractivity contribution in [2.45, 2.75) is 13.0 Å². The van der Waals surface area contributed by atoms with Gasteiger partial charge in [-0.2, -0.15) is 0 Å². The minimum absolute atomic E-state index is 0.192. The minimum Gasteiger partial charge on any atom is -0.305 e.